The summed E-state index contributed by atoms with van der Waals surface area (Å²) >= 11 is 0. The lowest BCUT2D eigenvalue weighted by Gasteiger charge is -2.02. The summed E-state index contributed by atoms with van der Waals surface area (Å²) in [6.45, 7) is 3.14. The van der Waals surface area contributed by atoms with Gasteiger partial charge in [0.1, 0.15) is 5.52 Å². The van der Waals surface area contributed by atoms with Crippen LogP contribution in [0, 0.1) is 6.92 Å². The number of fused-ring (bicyclic) bond motifs is 1. The Labute approximate surface area is 88.5 Å². The standard InChI is InChI=1S/C12H14N2O/c1-8-4-5-9-11(7-8)15-12(14-9)10-3-2-6-13-10/h4-5,7,10,13H,2-3,6H2,1H3/t10-/m0/s1. The number of rotatable bonds is 1. The predicted molar refractivity (Wildman–Crippen MR) is 58.7 cm³/mol. The van der Waals surface area contributed by atoms with Crippen LogP contribution in [0.1, 0.15) is 30.3 Å². The highest BCUT2D eigenvalue weighted by Gasteiger charge is 2.21. The van der Waals surface area contributed by atoms with Gasteiger partial charge >= 0.3 is 0 Å². The van der Waals surface area contributed by atoms with Gasteiger partial charge in [-0.3, -0.25) is 0 Å². The Kier molecular flexibility index (Phi) is 1.99. The van der Waals surface area contributed by atoms with Gasteiger partial charge in [-0.2, -0.15) is 0 Å². The van der Waals surface area contributed by atoms with Crippen LogP contribution in [0.2, 0.25) is 0 Å². The van der Waals surface area contributed by atoms with Crippen molar-refractivity contribution in [3.63, 3.8) is 0 Å². The number of oxazole rings is 1. The van der Waals surface area contributed by atoms with E-state index in [4.69, 9.17) is 4.42 Å². The summed E-state index contributed by atoms with van der Waals surface area (Å²) in [5.74, 6) is 0.841. The highest BCUT2D eigenvalue weighted by Crippen LogP contribution is 2.26. The molecular weight excluding hydrogens is 188 g/mol. The molecule has 0 saturated carbocycles. The molecule has 0 amide bonds. The van der Waals surface area contributed by atoms with Crippen LogP contribution in [-0.4, -0.2) is 11.5 Å². The molecule has 1 aromatic carbocycles. The Morgan fingerprint density at radius 3 is 3.20 bits per heavy atom. The van der Waals surface area contributed by atoms with Crippen LogP contribution in [0.15, 0.2) is 22.6 Å². The molecule has 3 heteroatoms. The fraction of sp³-hybridized carbons (Fsp3) is 0.417. The summed E-state index contributed by atoms with van der Waals surface area (Å²) in [6.07, 6.45) is 2.34. The van der Waals surface area contributed by atoms with Gasteiger partial charge in [-0.25, -0.2) is 4.98 Å². The molecule has 1 aliphatic heterocycles. The maximum Gasteiger partial charge on any atom is 0.212 e. The second kappa shape index (κ2) is 3.35. The fourth-order valence-electron chi connectivity index (χ4n) is 2.09. The summed E-state index contributed by atoms with van der Waals surface area (Å²) in [4.78, 5) is 4.51. The smallest absolute Gasteiger partial charge is 0.212 e. The van der Waals surface area contributed by atoms with E-state index in [2.05, 4.69) is 23.3 Å². The Hall–Kier alpha value is -1.35. The number of hydrogen-bond donors (Lipinski definition) is 1. The Morgan fingerprint density at radius 2 is 2.40 bits per heavy atom. The van der Waals surface area contributed by atoms with Crippen molar-refractivity contribution < 1.29 is 4.42 Å². The quantitative estimate of drug-likeness (QED) is 0.772. The number of aromatic nitrogens is 1. The van der Waals surface area contributed by atoms with E-state index < -0.39 is 0 Å². The van der Waals surface area contributed by atoms with Gasteiger partial charge in [-0.15, -0.1) is 0 Å². The molecule has 1 aliphatic rings. The molecule has 78 valence electrons. The maximum absolute atomic E-state index is 5.76. The lowest BCUT2D eigenvalue weighted by atomic mass is 10.2. The zero-order chi connectivity index (χ0) is 10.3. The first kappa shape index (κ1) is 8.92. The molecule has 0 spiro atoms. The van der Waals surface area contributed by atoms with Crippen molar-refractivity contribution in [2.75, 3.05) is 6.54 Å². The van der Waals surface area contributed by atoms with E-state index in [1.165, 1.54) is 12.0 Å². The summed E-state index contributed by atoms with van der Waals surface area (Å²) in [5, 5.41) is 3.39. The van der Waals surface area contributed by atoms with E-state index in [9.17, 15) is 0 Å². The first-order valence-corrected chi connectivity index (χ1v) is 5.43. The molecule has 1 fully saturated rings. The molecule has 0 aliphatic carbocycles. The minimum absolute atomic E-state index is 0.317. The van der Waals surface area contributed by atoms with E-state index in [1.54, 1.807) is 0 Å². The molecule has 2 heterocycles. The second-order valence-corrected chi connectivity index (χ2v) is 4.17. The number of nitrogens with zero attached hydrogens (tertiary/aromatic N) is 1. The largest absolute Gasteiger partial charge is 0.439 e. The average molecular weight is 202 g/mol. The van der Waals surface area contributed by atoms with Crippen molar-refractivity contribution in [2.24, 2.45) is 0 Å². The van der Waals surface area contributed by atoms with Crippen LogP contribution >= 0.6 is 0 Å². The number of aryl methyl sites for hydroxylation is 1. The third-order valence-electron chi connectivity index (χ3n) is 2.92. The van der Waals surface area contributed by atoms with Gasteiger partial charge in [-0.05, 0) is 44.0 Å². The van der Waals surface area contributed by atoms with Crippen molar-refractivity contribution in [3.05, 3.63) is 29.7 Å². The van der Waals surface area contributed by atoms with Crippen molar-refractivity contribution in [2.45, 2.75) is 25.8 Å². The SMILES string of the molecule is Cc1ccc2nc([C@@H]3CCCN3)oc2c1. The summed E-state index contributed by atoms with van der Waals surface area (Å²) in [5.41, 5.74) is 3.08. The Balaban J connectivity index is 2.05. The number of nitrogens with one attached hydrogen (secondary N) is 1. The molecule has 15 heavy (non-hydrogen) atoms. The van der Waals surface area contributed by atoms with Crippen LogP contribution in [0.3, 0.4) is 0 Å². The number of hydrogen-bond acceptors (Lipinski definition) is 3. The molecular formula is C12H14N2O. The summed E-state index contributed by atoms with van der Waals surface area (Å²) in [6, 6.07) is 6.45. The van der Waals surface area contributed by atoms with Crippen LogP contribution in [0.4, 0.5) is 0 Å². The first-order valence-electron chi connectivity index (χ1n) is 5.43. The van der Waals surface area contributed by atoms with Gasteiger partial charge in [0.15, 0.2) is 5.58 Å². The van der Waals surface area contributed by atoms with E-state index in [-0.39, 0.29) is 0 Å². The van der Waals surface area contributed by atoms with Crippen LogP contribution in [-0.2, 0) is 0 Å². The second-order valence-electron chi connectivity index (χ2n) is 4.17. The minimum Gasteiger partial charge on any atom is -0.439 e. The molecule has 1 aromatic heterocycles. The topological polar surface area (TPSA) is 38.1 Å². The van der Waals surface area contributed by atoms with Crippen molar-refractivity contribution >= 4 is 11.1 Å². The van der Waals surface area contributed by atoms with Crippen molar-refractivity contribution in [1.82, 2.24) is 10.3 Å². The highest BCUT2D eigenvalue weighted by molar-refractivity contribution is 5.73. The molecule has 1 atom stereocenters. The molecule has 0 bridgehead atoms. The van der Waals surface area contributed by atoms with E-state index >= 15 is 0 Å². The Morgan fingerprint density at radius 1 is 1.47 bits per heavy atom. The van der Waals surface area contributed by atoms with Crippen molar-refractivity contribution in [3.8, 4) is 0 Å². The van der Waals surface area contributed by atoms with Crippen LogP contribution < -0.4 is 5.32 Å². The predicted octanol–water partition coefficient (Wildman–Crippen LogP) is 2.56. The average Bonchev–Trinajstić information content (AvgIpc) is 2.84. The van der Waals surface area contributed by atoms with Crippen molar-refractivity contribution in [1.29, 1.82) is 0 Å². The van der Waals surface area contributed by atoms with Gasteiger partial charge in [0.2, 0.25) is 5.89 Å². The Bertz CT molecular complexity index is 483. The normalized spacial score (nSPS) is 21.3. The van der Waals surface area contributed by atoms with E-state index in [0.717, 1.165) is 30.0 Å². The lowest BCUT2D eigenvalue weighted by molar-refractivity contribution is 0.451. The molecule has 1 saturated heterocycles. The third kappa shape index (κ3) is 1.53. The van der Waals surface area contributed by atoms with E-state index in [0.29, 0.717) is 6.04 Å². The molecule has 0 radical (unpaired) electrons. The van der Waals surface area contributed by atoms with Crippen LogP contribution in [0.5, 0.6) is 0 Å². The summed E-state index contributed by atoms with van der Waals surface area (Å²) in [7, 11) is 0. The molecule has 3 rings (SSSR count). The van der Waals surface area contributed by atoms with Gasteiger partial charge in [0.05, 0.1) is 6.04 Å². The number of benzene rings is 1. The van der Waals surface area contributed by atoms with Crippen LogP contribution in [0.25, 0.3) is 11.1 Å². The fourth-order valence-corrected chi connectivity index (χ4v) is 2.09. The third-order valence-corrected chi connectivity index (χ3v) is 2.92. The highest BCUT2D eigenvalue weighted by atomic mass is 16.3. The van der Waals surface area contributed by atoms with Gasteiger partial charge in [-0.1, -0.05) is 6.07 Å². The molecule has 2 aromatic rings. The maximum atomic E-state index is 5.76. The van der Waals surface area contributed by atoms with E-state index in [1.807, 2.05) is 12.1 Å². The van der Waals surface area contributed by atoms with Gasteiger partial charge in [0.25, 0.3) is 0 Å². The monoisotopic (exact) mass is 202 g/mol. The first-order chi connectivity index (χ1) is 7.33. The zero-order valence-electron chi connectivity index (χ0n) is 8.79. The molecule has 1 N–H and O–H groups in total. The minimum atomic E-state index is 0.317. The molecule has 3 nitrogen and oxygen atoms in total. The summed E-state index contributed by atoms with van der Waals surface area (Å²) < 4.78 is 5.76. The zero-order valence-corrected chi connectivity index (χ0v) is 8.79. The molecule has 0 unspecified atom stereocenters. The van der Waals surface area contributed by atoms with Gasteiger partial charge in [0, 0.05) is 0 Å². The lowest BCUT2D eigenvalue weighted by Crippen LogP contribution is -2.12. The van der Waals surface area contributed by atoms with Gasteiger partial charge < -0.3 is 9.73 Å².